The molecule has 1 heterocycles. The Balaban J connectivity index is 2.78. The van der Waals surface area contributed by atoms with Crippen LogP contribution in [0.5, 0.6) is 0 Å². The monoisotopic (exact) mass is 325 g/mol. The number of aliphatic hydroxyl groups is 1. The average molecular weight is 326 g/mol. The first-order valence-electron chi connectivity index (χ1n) is 5.25. The molecule has 0 spiro atoms. The smallest absolute Gasteiger partial charge is 0.244 e. The van der Waals surface area contributed by atoms with Crippen molar-refractivity contribution in [1.29, 1.82) is 0 Å². The molecule has 0 amide bonds. The van der Waals surface area contributed by atoms with E-state index in [1.54, 1.807) is 0 Å². The van der Waals surface area contributed by atoms with Crippen molar-refractivity contribution in [3.8, 4) is 0 Å². The normalized spacial score (nSPS) is 12.3. The number of sulfonamides is 1. The standard InChI is InChI=1S/C10H16BrNO4S/c1-7(2)3-4-12-17(14,15)9-5-8(6-13)16-10(9)11/h5,7,12-13H,3-4,6H2,1-2H3. The van der Waals surface area contributed by atoms with Crippen LogP contribution >= 0.6 is 15.9 Å². The molecule has 0 aliphatic rings. The number of nitrogens with one attached hydrogen (secondary N) is 1. The molecule has 0 fully saturated rings. The summed E-state index contributed by atoms with van der Waals surface area (Å²) in [5.41, 5.74) is 0. The highest BCUT2D eigenvalue weighted by molar-refractivity contribution is 9.10. The molecule has 0 saturated carbocycles. The van der Waals surface area contributed by atoms with Gasteiger partial charge in [-0.25, -0.2) is 13.1 Å². The highest BCUT2D eigenvalue weighted by atomic mass is 79.9. The van der Waals surface area contributed by atoms with Gasteiger partial charge in [0.25, 0.3) is 0 Å². The first-order chi connectivity index (χ1) is 7.86. The molecule has 1 rings (SSSR count). The van der Waals surface area contributed by atoms with Crippen LogP contribution in [-0.2, 0) is 16.6 Å². The number of halogens is 1. The fourth-order valence-electron chi connectivity index (χ4n) is 1.22. The lowest BCUT2D eigenvalue weighted by Crippen LogP contribution is -2.25. The summed E-state index contributed by atoms with van der Waals surface area (Å²) in [6.45, 7) is 4.09. The van der Waals surface area contributed by atoms with Crippen molar-refractivity contribution in [3.63, 3.8) is 0 Å². The molecule has 0 aromatic carbocycles. The Kier molecular flexibility index (Phi) is 5.18. The van der Waals surface area contributed by atoms with Gasteiger partial charge in [-0.1, -0.05) is 13.8 Å². The van der Waals surface area contributed by atoms with Gasteiger partial charge in [0.15, 0.2) is 4.67 Å². The Morgan fingerprint density at radius 1 is 1.53 bits per heavy atom. The molecule has 0 radical (unpaired) electrons. The second-order valence-corrected chi connectivity index (χ2v) is 6.54. The minimum atomic E-state index is -3.58. The predicted octanol–water partition coefficient (Wildman–Crippen LogP) is 1.86. The molecular formula is C10H16BrNO4S. The lowest BCUT2D eigenvalue weighted by molar-refractivity contribution is 0.245. The van der Waals surface area contributed by atoms with E-state index in [2.05, 4.69) is 20.7 Å². The molecule has 0 bridgehead atoms. The largest absolute Gasteiger partial charge is 0.450 e. The summed E-state index contributed by atoms with van der Waals surface area (Å²) >= 11 is 3.02. The Morgan fingerprint density at radius 3 is 2.65 bits per heavy atom. The van der Waals surface area contributed by atoms with Crippen LogP contribution in [0.15, 0.2) is 20.0 Å². The zero-order valence-corrected chi connectivity index (χ0v) is 12.1. The molecule has 1 aromatic heterocycles. The number of hydrogen-bond acceptors (Lipinski definition) is 4. The second-order valence-electron chi connectivity index (χ2n) is 4.09. The van der Waals surface area contributed by atoms with Gasteiger partial charge in [-0.05, 0) is 28.3 Å². The molecule has 0 saturated heterocycles. The first kappa shape index (κ1) is 14.7. The molecule has 98 valence electrons. The molecular weight excluding hydrogens is 310 g/mol. The maximum absolute atomic E-state index is 11.9. The topological polar surface area (TPSA) is 79.5 Å². The van der Waals surface area contributed by atoms with E-state index >= 15 is 0 Å². The third-order valence-corrected chi connectivity index (χ3v) is 4.48. The summed E-state index contributed by atoms with van der Waals surface area (Å²) in [4.78, 5) is 0.0188. The Morgan fingerprint density at radius 2 is 2.18 bits per heavy atom. The van der Waals surface area contributed by atoms with Gasteiger partial charge in [0.1, 0.15) is 17.3 Å². The summed E-state index contributed by atoms with van der Waals surface area (Å²) in [5, 5.41) is 8.86. The van der Waals surface area contributed by atoms with Crippen molar-refractivity contribution >= 4 is 26.0 Å². The Bertz CT molecular complexity index is 467. The minimum absolute atomic E-state index is 0.0188. The summed E-state index contributed by atoms with van der Waals surface area (Å²) in [5.74, 6) is 0.639. The van der Waals surface area contributed by atoms with Gasteiger partial charge >= 0.3 is 0 Å². The highest BCUT2D eigenvalue weighted by Gasteiger charge is 2.21. The van der Waals surface area contributed by atoms with Gasteiger partial charge < -0.3 is 9.52 Å². The van der Waals surface area contributed by atoms with E-state index in [0.717, 1.165) is 6.42 Å². The van der Waals surface area contributed by atoms with Crippen LogP contribution in [-0.4, -0.2) is 20.1 Å². The van der Waals surface area contributed by atoms with E-state index in [4.69, 9.17) is 9.52 Å². The quantitative estimate of drug-likeness (QED) is 0.836. The number of rotatable bonds is 6. The van der Waals surface area contributed by atoms with Gasteiger partial charge in [-0.15, -0.1) is 0 Å². The third kappa shape index (κ3) is 4.09. The number of furan rings is 1. The summed E-state index contributed by atoms with van der Waals surface area (Å²) in [7, 11) is -3.58. The fourth-order valence-corrected chi connectivity index (χ4v) is 3.26. The molecule has 7 heteroatoms. The zero-order valence-electron chi connectivity index (χ0n) is 9.73. The van der Waals surface area contributed by atoms with Crippen LogP contribution in [0.2, 0.25) is 0 Å². The van der Waals surface area contributed by atoms with Crippen molar-refractivity contribution in [3.05, 3.63) is 16.5 Å². The minimum Gasteiger partial charge on any atom is -0.450 e. The summed E-state index contributed by atoms with van der Waals surface area (Å²) in [6.07, 6.45) is 0.765. The molecule has 2 N–H and O–H groups in total. The third-order valence-electron chi connectivity index (χ3n) is 2.17. The average Bonchev–Trinajstić information content (AvgIpc) is 2.59. The lowest BCUT2D eigenvalue weighted by atomic mass is 10.1. The number of aliphatic hydroxyl groups excluding tert-OH is 1. The Labute approximate surface area is 109 Å². The molecule has 1 aromatic rings. The summed E-state index contributed by atoms with van der Waals surface area (Å²) in [6, 6.07) is 1.31. The van der Waals surface area contributed by atoms with Crippen LogP contribution in [0.25, 0.3) is 0 Å². The van der Waals surface area contributed by atoms with Gasteiger partial charge in [0, 0.05) is 12.6 Å². The van der Waals surface area contributed by atoms with Crippen LogP contribution in [0.4, 0.5) is 0 Å². The van der Waals surface area contributed by atoms with Crippen LogP contribution in [0.3, 0.4) is 0 Å². The second kappa shape index (κ2) is 5.99. The zero-order chi connectivity index (χ0) is 13.1. The molecule has 0 unspecified atom stereocenters. The van der Waals surface area contributed by atoms with Gasteiger partial charge in [0.05, 0.1) is 0 Å². The van der Waals surface area contributed by atoms with E-state index in [1.807, 2.05) is 13.8 Å². The molecule has 0 atom stereocenters. The number of hydrogen-bond donors (Lipinski definition) is 2. The maximum atomic E-state index is 11.9. The Hall–Kier alpha value is -0.370. The molecule has 5 nitrogen and oxygen atoms in total. The van der Waals surface area contributed by atoms with E-state index in [0.29, 0.717) is 12.5 Å². The first-order valence-corrected chi connectivity index (χ1v) is 7.53. The SMILES string of the molecule is CC(C)CCNS(=O)(=O)c1cc(CO)oc1Br. The van der Waals surface area contributed by atoms with E-state index < -0.39 is 10.0 Å². The fraction of sp³-hybridized carbons (Fsp3) is 0.600. The van der Waals surface area contributed by atoms with Crippen molar-refractivity contribution in [2.24, 2.45) is 5.92 Å². The highest BCUT2D eigenvalue weighted by Crippen LogP contribution is 2.25. The van der Waals surface area contributed by atoms with Gasteiger partial charge in [-0.2, -0.15) is 0 Å². The molecule has 17 heavy (non-hydrogen) atoms. The van der Waals surface area contributed by atoms with Crippen molar-refractivity contribution in [2.45, 2.75) is 31.8 Å². The lowest BCUT2D eigenvalue weighted by Gasteiger charge is -2.06. The van der Waals surface area contributed by atoms with Crippen LogP contribution in [0, 0.1) is 5.92 Å². The molecule has 0 aliphatic carbocycles. The van der Waals surface area contributed by atoms with Gasteiger partial charge in [0.2, 0.25) is 10.0 Å². The molecule has 0 aliphatic heterocycles. The summed E-state index contributed by atoms with van der Waals surface area (Å²) < 4.78 is 31.4. The van der Waals surface area contributed by atoms with Crippen molar-refractivity contribution in [2.75, 3.05) is 6.54 Å². The van der Waals surface area contributed by atoms with Crippen LogP contribution < -0.4 is 4.72 Å². The van der Waals surface area contributed by atoms with Gasteiger partial charge in [-0.3, -0.25) is 0 Å². The van der Waals surface area contributed by atoms with Crippen molar-refractivity contribution in [1.82, 2.24) is 4.72 Å². The van der Waals surface area contributed by atoms with E-state index in [9.17, 15) is 8.42 Å². The maximum Gasteiger partial charge on any atom is 0.244 e. The van der Waals surface area contributed by atoms with Crippen molar-refractivity contribution < 1.29 is 17.9 Å². The van der Waals surface area contributed by atoms with E-state index in [1.165, 1.54) is 6.07 Å². The predicted molar refractivity (Wildman–Crippen MR) is 67.0 cm³/mol. The van der Waals surface area contributed by atoms with Crippen LogP contribution in [0.1, 0.15) is 26.0 Å². The van der Waals surface area contributed by atoms with E-state index in [-0.39, 0.29) is 21.9 Å².